The number of hydrogen-bond acceptors (Lipinski definition) is 6. The van der Waals surface area contributed by atoms with Gasteiger partial charge in [-0.25, -0.2) is 9.97 Å². The van der Waals surface area contributed by atoms with Crippen LogP contribution in [0.1, 0.15) is 46.0 Å². The average Bonchev–Trinajstić information content (AvgIpc) is 2.69. The topological polar surface area (TPSA) is 44.7 Å². The Hall–Kier alpha value is -1.40. The summed E-state index contributed by atoms with van der Waals surface area (Å²) in [5, 5.41) is 0. The Morgan fingerprint density at radius 1 is 0.889 bits per heavy atom. The van der Waals surface area contributed by atoms with E-state index in [-0.39, 0.29) is 0 Å². The fourth-order valence-corrected chi connectivity index (χ4v) is 4.95. The lowest BCUT2D eigenvalue weighted by atomic mass is 9.95. The van der Waals surface area contributed by atoms with E-state index < -0.39 is 0 Å². The molecule has 0 aromatic carbocycles. The lowest BCUT2D eigenvalue weighted by molar-refractivity contribution is -0.0720. The maximum absolute atomic E-state index is 5.87. The van der Waals surface area contributed by atoms with Gasteiger partial charge in [0, 0.05) is 51.9 Å². The third-order valence-electron chi connectivity index (χ3n) is 6.27. The second kappa shape index (κ2) is 8.74. The molecule has 4 heterocycles. The molecule has 150 valence electrons. The summed E-state index contributed by atoms with van der Waals surface area (Å²) in [4.78, 5) is 16.6. The predicted octanol–water partition coefficient (Wildman–Crippen LogP) is 2.79. The third-order valence-corrected chi connectivity index (χ3v) is 6.27. The van der Waals surface area contributed by atoms with E-state index in [1.54, 1.807) is 6.33 Å². The van der Waals surface area contributed by atoms with E-state index in [0.717, 1.165) is 56.8 Å². The number of ether oxygens (including phenoxy) is 1. The number of morpholine rings is 1. The lowest BCUT2D eigenvalue weighted by Crippen LogP contribution is -2.48. The van der Waals surface area contributed by atoms with Crippen molar-refractivity contribution in [2.24, 2.45) is 5.92 Å². The maximum Gasteiger partial charge on any atom is 0.134 e. The van der Waals surface area contributed by atoms with E-state index in [4.69, 9.17) is 4.74 Å². The van der Waals surface area contributed by atoms with Crippen LogP contribution >= 0.6 is 0 Å². The molecule has 2 unspecified atom stereocenters. The predicted molar refractivity (Wildman–Crippen MR) is 109 cm³/mol. The molecule has 0 bridgehead atoms. The van der Waals surface area contributed by atoms with E-state index >= 15 is 0 Å². The lowest BCUT2D eigenvalue weighted by Gasteiger charge is -2.39. The summed E-state index contributed by atoms with van der Waals surface area (Å²) >= 11 is 0. The molecule has 27 heavy (non-hydrogen) atoms. The van der Waals surface area contributed by atoms with E-state index in [9.17, 15) is 0 Å². The molecule has 0 spiro atoms. The Morgan fingerprint density at radius 3 is 2.11 bits per heavy atom. The number of aromatic nitrogens is 2. The maximum atomic E-state index is 5.87. The van der Waals surface area contributed by atoms with Gasteiger partial charge in [-0.05, 0) is 51.9 Å². The molecular formula is C21H35N5O. The molecule has 1 aromatic rings. The van der Waals surface area contributed by atoms with E-state index in [2.05, 4.69) is 44.6 Å². The molecule has 3 fully saturated rings. The highest BCUT2D eigenvalue weighted by molar-refractivity contribution is 5.50. The summed E-state index contributed by atoms with van der Waals surface area (Å²) in [6, 6.07) is 2.21. The van der Waals surface area contributed by atoms with Crippen molar-refractivity contribution in [2.45, 2.75) is 58.2 Å². The summed E-state index contributed by atoms with van der Waals surface area (Å²) < 4.78 is 5.87. The van der Waals surface area contributed by atoms with Gasteiger partial charge in [-0.1, -0.05) is 0 Å². The van der Waals surface area contributed by atoms with Crippen molar-refractivity contribution in [3.8, 4) is 0 Å². The van der Waals surface area contributed by atoms with Gasteiger partial charge in [-0.3, -0.25) is 4.90 Å². The van der Waals surface area contributed by atoms with E-state index in [1.807, 2.05) is 0 Å². The highest BCUT2D eigenvalue weighted by atomic mass is 16.5. The van der Waals surface area contributed by atoms with Crippen LogP contribution in [0, 0.1) is 5.92 Å². The monoisotopic (exact) mass is 373 g/mol. The van der Waals surface area contributed by atoms with Crippen molar-refractivity contribution < 1.29 is 4.74 Å². The van der Waals surface area contributed by atoms with E-state index in [0.29, 0.717) is 12.2 Å². The van der Waals surface area contributed by atoms with Crippen LogP contribution in [0.3, 0.4) is 0 Å². The molecule has 4 rings (SSSR count). The van der Waals surface area contributed by atoms with Gasteiger partial charge in [0.2, 0.25) is 0 Å². The minimum absolute atomic E-state index is 0.364. The molecule has 1 aromatic heterocycles. The van der Waals surface area contributed by atoms with Gasteiger partial charge in [0.1, 0.15) is 18.0 Å². The highest BCUT2D eigenvalue weighted by Gasteiger charge is 2.27. The molecule has 2 atom stereocenters. The summed E-state index contributed by atoms with van der Waals surface area (Å²) in [6.45, 7) is 12.2. The number of hydrogen-bond donors (Lipinski definition) is 0. The molecule has 0 radical (unpaired) electrons. The van der Waals surface area contributed by atoms with Gasteiger partial charge in [-0.15, -0.1) is 0 Å². The minimum Gasteiger partial charge on any atom is -0.373 e. The second-order valence-corrected chi connectivity index (χ2v) is 8.69. The van der Waals surface area contributed by atoms with Gasteiger partial charge in [0.05, 0.1) is 12.2 Å². The normalized spacial score (nSPS) is 28.5. The molecular weight excluding hydrogens is 338 g/mol. The Balaban J connectivity index is 1.30. The van der Waals surface area contributed by atoms with Crippen LogP contribution < -0.4 is 9.80 Å². The zero-order valence-electron chi connectivity index (χ0n) is 17.0. The van der Waals surface area contributed by atoms with Crippen molar-refractivity contribution in [3.63, 3.8) is 0 Å². The van der Waals surface area contributed by atoms with Gasteiger partial charge in [0.25, 0.3) is 0 Å². The van der Waals surface area contributed by atoms with Crippen LogP contribution in [0.5, 0.6) is 0 Å². The molecule has 6 heteroatoms. The van der Waals surface area contributed by atoms with Crippen molar-refractivity contribution in [3.05, 3.63) is 12.4 Å². The SMILES string of the molecule is CC1CN(CC2CCN(c3cc(N4CCCCC4)ncn3)CC2)CC(C)O1. The number of piperidine rings is 2. The van der Waals surface area contributed by atoms with Crippen molar-refractivity contribution >= 4 is 11.6 Å². The third kappa shape index (κ3) is 4.91. The number of nitrogens with zero attached hydrogens (tertiary/aromatic N) is 5. The van der Waals surface area contributed by atoms with Crippen LogP contribution in [0.2, 0.25) is 0 Å². The van der Waals surface area contributed by atoms with Gasteiger partial charge in [0.15, 0.2) is 0 Å². The van der Waals surface area contributed by atoms with Crippen LogP contribution in [-0.4, -0.2) is 72.9 Å². The quantitative estimate of drug-likeness (QED) is 0.809. The van der Waals surface area contributed by atoms with Crippen LogP contribution in [-0.2, 0) is 4.74 Å². The minimum atomic E-state index is 0.364. The van der Waals surface area contributed by atoms with Crippen molar-refractivity contribution in [1.29, 1.82) is 0 Å². The first-order valence-corrected chi connectivity index (χ1v) is 10.9. The Bertz CT molecular complexity index is 588. The highest BCUT2D eigenvalue weighted by Crippen LogP contribution is 2.26. The zero-order chi connectivity index (χ0) is 18.6. The summed E-state index contributed by atoms with van der Waals surface area (Å²) in [5.41, 5.74) is 0. The first kappa shape index (κ1) is 18.9. The van der Waals surface area contributed by atoms with Crippen LogP contribution in [0.4, 0.5) is 11.6 Å². The van der Waals surface area contributed by atoms with Gasteiger partial charge in [-0.2, -0.15) is 0 Å². The van der Waals surface area contributed by atoms with Crippen molar-refractivity contribution in [1.82, 2.24) is 14.9 Å². The Morgan fingerprint density at radius 2 is 1.48 bits per heavy atom. The molecule has 3 aliphatic heterocycles. The van der Waals surface area contributed by atoms with Crippen LogP contribution in [0.15, 0.2) is 12.4 Å². The number of rotatable bonds is 4. The average molecular weight is 374 g/mol. The zero-order valence-corrected chi connectivity index (χ0v) is 17.0. The largest absolute Gasteiger partial charge is 0.373 e. The molecule has 0 N–H and O–H groups in total. The van der Waals surface area contributed by atoms with Crippen LogP contribution in [0.25, 0.3) is 0 Å². The van der Waals surface area contributed by atoms with E-state index in [1.165, 1.54) is 38.6 Å². The first-order chi connectivity index (χ1) is 13.2. The molecule has 0 amide bonds. The molecule has 0 saturated carbocycles. The molecule has 6 nitrogen and oxygen atoms in total. The molecule has 3 saturated heterocycles. The first-order valence-electron chi connectivity index (χ1n) is 10.9. The second-order valence-electron chi connectivity index (χ2n) is 8.69. The molecule has 3 aliphatic rings. The summed E-state index contributed by atoms with van der Waals surface area (Å²) in [6.07, 6.45) is 8.90. The number of anilines is 2. The Labute approximate surface area is 163 Å². The summed E-state index contributed by atoms with van der Waals surface area (Å²) in [7, 11) is 0. The standard InChI is InChI=1S/C21H35N5O/c1-17-13-24(14-18(2)27-17)15-19-6-10-26(11-7-19)21-12-20(22-16-23-21)25-8-4-3-5-9-25/h12,16-19H,3-11,13-15H2,1-2H3. The van der Waals surface area contributed by atoms with Gasteiger partial charge < -0.3 is 14.5 Å². The smallest absolute Gasteiger partial charge is 0.134 e. The van der Waals surface area contributed by atoms with Crippen molar-refractivity contribution in [2.75, 3.05) is 55.6 Å². The fraction of sp³-hybridized carbons (Fsp3) is 0.810. The summed E-state index contributed by atoms with van der Waals surface area (Å²) in [5.74, 6) is 3.01. The fourth-order valence-electron chi connectivity index (χ4n) is 4.95. The Kier molecular flexibility index (Phi) is 6.13. The van der Waals surface area contributed by atoms with Gasteiger partial charge >= 0.3 is 0 Å². The molecule has 0 aliphatic carbocycles.